The van der Waals surface area contributed by atoms with Gasteiger partial charge in [0, 0.05) is 11.1 Å². The number of aromatic amines is 1. The van der Waals surface area contributed by atoms with Gasteiger partial charge in [-0.1, -0.05) is 35.5 Å². The zero-order chi connectivity index (χ0) is 14.8. The second-order valence-electron chi connectivity index (χ2n) is 4.51. The standard InChI is InChI=1S/C14H12N4O3/c1-8-15-11(21-18-8)7-10-12(9-5-3-2-4-6-9)16-17-13(10)14(19)20/h2-6H,7H2,1H3,(H,16,17)(H,19,20). The molecule has 21 heavy (non-hydrogen) atoms. The van der Waals surface area contributed by atoms with E-state index in [2.05, 4.69) is 20.3 Å². The number of aromatic nitrogens is 4. The fourth-order valence-electron chi connectivity index (χ4n) is 2.11. The number of aryl methyl sites for hydroxylation is 1. The van der Waals surface area contributed by atoms with Gasteiger partial charge in [0.2, 0.25) is 5.89 Å². The lowest BCUT2D eigenvalue weighted by Crippen LogP contribution is -2.03. The van der Waals surface area contributed by atoms with Crippen LogP contribution in [0.15, 0.2) is 34.9 Å². The molecule has 0 aliphatic carbocycles. The van der Waals surface area contributed by atoms with Crippen LogP contribution in [0.2, 0.25) is 0 Å². The van der Waals surface area contributed by atoms with Gasteiger partial charge in [-0.05, 0) is 6.92 Å². The molecule has 0 saturated heterocycles. The van der Waals surface area contributed by atoms with Crippen LogP contribution < -0.4 is 0 Å². The van der Waals surface area contributed by atoms with Crippen molar-refractivity contribution >= 4 is 5.97 Å². The van der Waals surface area contributed by atoms with E-state index in [1.807, 2.05) is 30.3 Å². The zero-order valence-corrected chi connectivity index (χ0v) is 11.2. The highest BCUT2D eigenvalue weighted by molar-refractivity contribution is 5.89. The predicted molar refractivity (Wildman–Crippen MR) is 72.8 cm³/mol. The summed E-state index contributed by atoms with van der Waals surface area (Å²) in [6.45, 7) is 1.71. The molecule has 0 radical (unpaired) electrons. The van der Waals surface area contributed by atoms with Gasteiger partial charge in [-0.15, -0.1) is 0 Å². The molecule has 0 saturated carbocycles. The van der Waals surface area contributed by atoms with Crippen LogP contribution in [-0.4, -0.2) is 31.4 Å². The summed E-state index contributed by atoms with van der Waals surface area (Å²) >= 11 is 0. The number of carboxylic acid groups (broad SMARTS) is 1. The first-order valence-corrected chi connectivity index (χ1v) is 6.30. The second kappa shape index (κ2) is 5.20. The van der Waals surface area contributed by atoms with E-state index < -0.39 is 5.97 Å². The highest BCUT2D eigenvalue weighted by Crippen LogP contribution is 2.25. The van der Waals surface area contributed by atoms with Crippen molar-refractivity contribution in [2.45, 2.75) is 13.3 Å². The number of H-pyrrole nitrogens is 1. The average molecular weight is 284 g/mol. The van der Waals surface area contributed by atoms with Crippen LogP contribution in [-0.2, 0) is 6.42 Å². The quantitative estimate of drug-likeness (QED) is 0.759. The van der Waals surface area contributed by atoms with E-state index in [1.165, 1.54) is 0 Å². The molecular formula is C14H12N4O3. The lowest BCUT2D eigenvalue weighted by Gasteiger charge is -2.01. The van der Waals surface area contributed by atoms with Crippen molar-refractivity contribution < 1.29 is 14.4 Å². The summed E-state index contributed by atoms with van der Waals surface area (Å²) in [5.74, 6) is -0.212. The molecule has 0 amide bonds. The molecule has 0 aliphatic rings. The van der Waals surface area contributed by atoms with Crippen molar-refractivity contribution in [2.24, 2.45) is 0 Å². The molecule has 0 aliphatic heterocycles. The lowest BCUT2D eigenvalue weighted by molar-refractivity contribution is 0.0689. The Bertz CT molecular complexity index is 777. The van der Waals surface area contributed by atoms with Gasteiger partial charge < -0.3 is 9.63 Å². The van der Waals surface area contributed by atoms with Gasteiger partial charge in [-0.25, -0.2) is 4.79 Å². The summed E-state index contributed by atoms with van der Waals surface area (Å²) in [5, 5.41) is 19.7. The maximum Gasteiger partial charge on any atom is 0.354 e. The molecule has 2 N–H and O–H groups in total. The van der Waals surface area contributed by atoms with Crippen LogP contribution in [0.3, 0.4) is 0 Å². The maximum atomic E-state index is 11.3. The summed E-state index contributed by atoms with van der Waals surface area (Å²) in [7, 11) is 0. The monoisotopic (exact) mass is 284 g/mol. The second-order valence-corrected chi connectivity index (χ2v) is 4.51. The predicted octanol–water partition coefficient (Wildman–Crippen LogP) is 2.06. The number of benzene rings is 1. The van der Waals surface area contributed by atoms with Gasteiger partial charge in [-0.2, -0.15) is 10.1 Å². The van der Waals surface area contributed by atoms with Crippen molar-refractivity contribution in [1.29, 1.82) is 0 Å². The number of carbonyl (C=O) groups is 1. The summed E-state index contributed by atoms with van der Waals surface area (Å²) in [4.78, 5) is 15.4. The van der Waals surface area contributed by atoms with E-state index in [-0.39, 0.29) is 12.1 Å². The number of nitrogens with zero attached hydrogens (tertiary/aromatic N) is 3. The van der Waals surface area contributed by atoms with Crippen LogP contribution in [0.5, 0.6) is 0 Å². The van der Waals surface area contributed by atoms with Gasteiger partial charge in [0.25, 0.3) is 0 Å². The van der Waals surface area contributed by atoms with Gasteiger partial charge in [0.05, 0.1) is 12.1 Å². The van der Waals surface area contributed by atoms with Gasteiger partial charge in [-0.3, -0.25) is 5.10 Å². The molecular weight excluding hydrogens is 272 g/mol. The number of hydrogen-bond acceptors (Lipinski definition) is 5. The number of carboxylic acids is 1. The normalized spacial score (nSPS) is 10.7. The van der Waals surface area contributed by atoms with E-state index in [1.54, 1.807) is 6.92 Å². The SMILES string of the molecule is Cc1noc(Cc2c(-c3ccccc3)n[nH]c2C(=O)O)n1. The molecule has 3 rings (SSSR count). The third-order valence-corrected chi connectivity index (χ3v) is 3.03. The Morgan fingerprint density at radius 1 is 1.33 bits per heavy atom. The number of rotatable bonds is 4. The third kappa shape index (κ3) is 2.53. The Morgan fingerprint density at radius 3 is 2.71 bits per heavy atom. The van der Waals surface area contributed by atoms with Crippen molar-refractivity contribution in [2.75, 3.05) is 0 Å². The van der Waals surface area contributed by atoms with Crippen molar-refractivity contribution in [1.82, 2.24) is 20.3 Å². The van der Waals surface area contributed by atoms with Crippen molar-refractivity contribution in [3.63, 3.8) is 0 Å². The Kier molecular flexibility index (Phi) is 3.23. The molecule has 3 aromatic rings. The molecule has 106 valence electrons. The third-order valence-electron chi connectivity index (χ3n) is 3.03. The van der Waals surface area contributed by atoms with Crippen LogP contribution in [0.1, 0.15) is 27.8 Å². The minimum absolute atomic E-state index is 0.0321. The highest BCUT2D eigenvalue weighted by atomic mass is 16.5. The van der Waals surface area contributed by atoms with E-state index in [4.69, 9.17) is 4.52 Å². The summed E-state index contributed by atoms with van der Waals surface area (Å²) in [6.07, 6.45) is 0.212. The van der Waals surface area contributed by atoms with Gasteiger partial charge in [0.1, 0.15) is 5.69 Å². The molecule has 0 fully saturated rings. The molecule has 7 heteroatoms. The number of hydrogen-bond donors (Lipinski definition) is 2. The summed E-state index contributed by atoms with van der Waals surface area (Å²) in [5.41, 5.74) is 1.96. The number of nitrogens with one attached hydrogen (secondary N) is 1. The Hall–Kier alpha value is -2.96. The smallest absolute Gasteiger partial charge is 0.354 e. The Balaban J connectivity index is 2.07. The minimum Gasteiger partial charge on any atom is -0.477 e. The molecule has 0 atom stereocenters. The van der Waals surface area contributed by atoms with Crippen molar-refractivity contribution in [3.8, 4) is 11.3 Å². The first kappa shape index (κ1) is 13.0. The summed E-state index contributed by atoms with van der Waals surface area (Å²) < 4.78 is 5.07. The molecule has 1 aromatic carbocycles. The lowest BCUT2D eigenvalue weighted by atomic mass is 10.0. The Labute approximate surface area is 119 Å². The fourth-order valence-corrected chi connectivity index (χ4v) is 2.11. The minimum atomic E-state index is -1.07. The molecule has 0 unspecified atom stereocenters. The Morgan fingerprint density at radius 2 is 2.10 bits per heavy atom. The fraction of sp³-hybridized carbons (Fsp3) is 0.143. The highest BCUT2D eigenvalue weighted by Gasteiger charge is 2.21. The van der Waals surface area contributed by atoms with E-state index in [9.17, 15) is 9.90 Å². The molecule has 2 heterocycles. The van der Waals surface area contributed by atoms with Crippen LogP contribution in [0.25, 0.3) is 11.3 Å². The first-order chi connectivity index (χ1) is 10.1. The molecule has 7 nitrogen and oxygen atoms in total. The maximum absolute atomic E-state index is 11.3. The molecule has 0 bridgehead atoms. The van der Waals surface area contributed by atoms with Crippen LogP contribution >= 0.6 is 0 Å². The van der Waals surface area contributed by atoms with Crippen LogP contribution in [0, 0.1) is 6.92 Å². The van der Waals surface area contributed by atoms with Crippen LogP contribution in [0.4, 0.5) is 0 Å². The van der Waals surface area contributed by atoms with Gasteiger partial charge in [0.15, 0.2) is 5.82 Å². The largest absolute Gasteiger partial charge is 0.477 e. The van der Waals surface area contributed by atoms with E-state index in [0.29, 0.717) is 23.0 Å². The zero-order valence-electron chi connectivity index (χ0n) is 11.2. The molecule has 2 aromatic heterocycles. The first-order valence-electron chi connectivity index (χ1n) is 6.30. The topological polar surface area (TPSA) is 105 Å². The number of aromatic carboxylic acids is 1. The van der Waals surface area contributed by atoms with Crippen molar-refractivity contribution in [3.05, 3.63) is 53.3 Å². The van der Waals surface area contributed by atoms with Gasteiger partial charge >= 0.3 is 5.97 Å². The van der Waals surface area contributed by atoms with E-state index in [0.717, 1.165) is 5.56 Å². The van der Waals surface area contributed by atoms with E-state index >= 15 is 0 Å². The summed E-state index contributed by atoms with van der Waals surface area (Å²) in [6, 6.07) is 9.35. The average Bonchev–Trinajstić information content (AvgIpc) is 3.07. The molecule has 0 spiro atoms.